The molecule has 0 aromatic heterocycles. The Morgan fingerprint density at radius 3 is 2.57 bits per heavy atom. The lowest BCUT2D eigenvalue weighted by molar-refractivity contribution is 0.417. The highest BCUT2D eigenvalue weighted by Crippen LogP contribution is 2.30. The molecule has 8 heteroatoms. The summed E-state index contributed by atoms with van der Waals surface area (Å²) in [6.07, 6.45) is 0. The largest absolute Gasteiger partial charge is 0.495 e. The molecule has 21 heavy (non-hydrogen) atoms. The van der Waals surface area contributed by atoms with Gasteiger partial charge in [0.05, 0.1) is 17.7 Å². The Kier molecular flexibility index (Phi) is 4.65. The van der Waals surface area contributed by atoms with E-state index in [9.17, 15) is 8.42 Å². The van der Waals surface area contributed by atoms with Crippen LogP contribution in [-0.4, -0.2) is 15.5 Å². The van der Waals surface area contributed by atoms with E-state index >= 15 is 0 Å². The fourth-order valence-electron chi connectivity index (χ4n) is 1.65. The van der Waals surface area contributed by atoms with Gasteiger partial charge < -0.3 is 10.5 Å². The fraction of sp³-hybridized carbons (Fsp3) is 0.0769. The van der Waals surface area contributed by atoms with E-state index < -0.39 is 10.0 Å². The smallest absolute Gasteiger partial charge is 0.262 e. The molecule has 0 saturated carbocycles. The molecule has 5 nitrogen and oxygen atoms in total. The zero-order valence-electron chi connectivity index (χ0n) is 10.9. The van der Waals surface area contributed by atoms with Crippen molar-refractivity contribution in [2.45, 2.75) is 4.90 Å². The van der Waals surface area contributed by atoms with Crippen LogP contribution in [0.2, 0.25) is 5.02 Å². The van der Waals surface area contributed by atoms with E-state index in [0.717, 1.165) is 0 Å². The summed E-state index contributed by atoms with van der Waals surface area (Å²) in [5.41, 5.74) is 6.29. The van der Waals surface area contributed by atoms with E-state index in [2.05, 4.69) is 20.7 Å². The summed E-state index contributed by atoms with van der Waals surface area (Å²) in [5, 5.41) is 0.392. The molecule has 2 aromatic carbocycles. The molecule has 2 rings (SSSR count). The second kappa shape index (κ2) is 6.13. The quantitative estimate of drug-likeness (QED) is 0.782. The van der Waals surface area contributed by atoms with Gasteiger partial charge in [-0.2, -0.15) is 0 Å². The van der Waals surface area contributed by atoms with Crippen molar-refractivity contribution in [2.75, 3.05) is 17.6 Å². The van der Waals surface area contributed by atoms with Crippen molar-refractivity contribution in [2.24, 2.45) is 0 Å². The van der Waals surface area contributed by atoms with Crippen LogP contribution < -0.4 is 15.2 Å². The summed E-state index contributed by atoms with van der Waals surface area (Å²) >= 11 is 9.10. The van der Waals surface area contributed by atoms with Crippen LogP contribution in [-0.2, 0) is 10.0 Å². The Bertz CT molecular complexity index is 781. The van der Waals surface area contributed by atoms with Crippen LogP contribution in [0.15, 0.2) is 45.8 Å². The van der Waals surface area contributed by atoms with Crippen LogP contribution in [0.5, 0.6) is 5.75 Å². The molecular weight excluding hydrogens is 380 g/mol. The molecule has 0 unspecified atom stereocenters. The third-order valence-electron chi connectivity index (χ3n) is 2.68. The first kappa shape index (κ1) is 15.9. The SMILES string of the molecule is COc1ccc(Cl)cc1NS(=O)(=O)c1ccc(Br)c(N)c1. The lowest BCUT2D eigenvalue weighted by atomic mass is 10.3. The maximum Gasteiger partial charge on any atom is 0.262 e. The van der Waals surface area contributed by atoms with Crippen molar-refractivity contribution in [3.8, 4) is 5.75 Å². The average molecular weight is 392 g/mol. The number of halogens is 2. The van der Waals surface area contributed by atoms with Gasteiger partial charge in [-0.1, -0.05) is 11.6 Å². The van der Waals surface area contributed by atoms with Gasteiger partial charge in [-0.15, -0.1) is 0 Å². The zero-order valence-corrected chi connectivity index (χ0v) is 14.1. The first-order chi connectivity index (χ1) is 9.83. The van der Waals surface area contributed by atoms with Gasteiger partial charge >= 0.3 is 0 Å². The Balaban J connectivity index is 2.41. The van der Waals surface area contributed by atoms with Gasteiger partial charge in [0.25, 0.3) is 10.0 Å². The number of methoxy groups -OCH3 is 1. The highest BCUT2D eigenvalue weighted by Gasteiger charge is 2.17. The molecule has 3 N–H and O–H groups in total. The van der Waals surface area contributed by atoms with E-state index in [0.29, 0.717) is 20.9 Å². The molecule has 0 aliphatic rings. The highest BCUT2D eigenvalue weighted by atomic mass is 79.9. The molecule has 0 aliphatic heterocycles. The summed E-state index contributed by atoms with van der Waals surface area (Å²) in [7, 11) is -2.35. The third kappa shape index (κ3) is 3.61. The second-order valence-electron chi connectivity index (χ2n) is 4.13. The number of hydrogen-bond acceptors (Lipinski definition) is 4. The van der Waals surface area contributed by atoms with Gasteiger partial charge in [-0.3, -0.25) is 4.72 Å². The molecule has 2 aromatic rings. The Hall–Kier alpha value is -1.44. The van der Waals surface area contributed by atoms with Crippen molar-refractivity contribution in [1.29, 1.82) is 0 Å². The van der Waals surface area contributed by atoms with E-state index in [1.807, 2.05) is 0 Å². The molecule has 0 amide bonds. The molecule has 0 atom stereocenters. The standard InChI is InChI=1S/C13H12BrClN2O3S/c1-20-13-5-2-8(15)6-12(13)17-21(18,19)9-3-4-10(14)11(16)7-9/h2-7,17H,16H2,1H3. The van der Waals surface area contributed by atoms with Crippen LogP contribution in [0.25, 0.3) is 0 Å². The van der Waals surface area contributed by atoms with Crippen LogP contribution in [0.4, 0.5) is 11.4 Å². The van der Waals surface area contributed by atoms with Crippen molar-refractivity contribution in [1.82, 2.24) is 0 Å². The molecule has 0 radical (unpaired) electrons. The molecule has 0 spiro atoms. The number of nitrogen functional groups attached to an aromatic ring is 1. The lowest BCUT2D eigenvalue weighted by Gasteiger charge is -2.12. The van der Waals surface area contributed by atoms with Crippen LogP contribution >= 0.6 is 27.5 Å². The molecule has 0 heterocycles. The summed E-state index contributed by atoms with van der Waals surface area (Å²) in [6.45, 7) is 0. The number of hydrogen-bond donors (Lipinski definition) is 2. The van der Waals surface area contributed by atoms with Gasteiger partial charge in [0.1, 0.15) is 5.75 Å². The summed E-state index contributed by atoms with van der Waals surface area (Å²) < 4.78 is 32.9. The van der Waals surface area contributed by atoms with Crippen LogP contribution in [0, 0.1) is 0 Å². The first-order valence-corrected chi connectivity index (χ1v) is 8.40. The van der Waals surface area contributed by atoms with Gasteiger partial charge in [0.15, 0.2) is 0 Å². The van der Waals surface area contributed by atoms with Crippen molar-refractivity contribution in [3.05, 3.63) is 45.9 Å². The number of sulfonamides is 1. The first-order valence-electron chi connectivity index (χ1n) is 5.75. The molecule has 0 aliphatic carbocycles. The Labute approximate surface area is 136 Å². The number of nitrogens with two attached hydrogens (primary N) is 1. The van der Waals surface area contributed by atoms with Gasteiger partial charge in [-0.25, -0.2) is 8.42 Å². The molecule has 0 bridgehead atoms. The van der Waals surface area contributed by atoms with E-state index in [4.69, 9.17) is 22.1 Å². The minimum atomic E-state index is -3.79. The molecule has 0 fully saturated rings. The monoisotopic (exact) mass is 390 g/mol. The Morgan fingerprint density at radius 1 is 1.24 bits per heavy atom. The minimum Gasteiger partial charge on any atom is -0.495 e. The van der Waals surface area contributed by atoms with E-state index in [-0.39, 0.29) is 10.6 Å². The lowest BCUT2D eigenvalue weighted by Crippen LogP contribution is -2.14. The average Bonchev–Trinajstić information content (AvgIpc) is 2.41. The number of ether oxygens (including phenoxy) is 1. The summed E-state index contributed by atoms with van der Waals surface area (Å²) in [5.74, 6) is 0.369. The Morgan fingerprint density at radius 2 is 1.95 bits per heavy atom. The number of benzene rings is 2. The second-order valence-corrected chi connectivity index (χ2v) is 7.11. The summed E-state index contributed by atoms with van der Waals surface area (Å²) in [6, 6.07) is 9.04. The summed E-state index contributed by atoms with van der Waals surface area (Å²) in [4.78, 5) is 0.0465. The topological polar surface area (TPSA) is 81.4 Å². The van der Waals surface area contributed by atoms with Gasteiger partial charge in [0, 0.05) is 15.2 Å². The number of nitrogens with one attached hydrogen (secondary N) is 1. The van der Waals surface area contributed by atoms with Crippen molar-refractivity contribution >= 4 is 48.9 Å². The van der Waals surface area contributed by atoms with Crippen LogP contribution in [0.1, 0.15) is 0 Å². The maximum atomic E-state index is 12.4. The molecule has 112 valence electrons. The predicted octanol–water partition coefficient (Wildman–Crippen LogP) is 3.49. The third-order valence-corrected chi connectivity index (χ3v) is 5.00. The number of rotatable bonds is 4. The zero-order chi connectivity index (χ0) is 15.6. The van der Waals surface area contributed by atoms with Gasteiger partial charge in [-0.05, 0) is 52.3 Å². The highest BCUT2D eigenvalue weighted by molar-refractivity contribution is 9.10. The maximum absolute atomic E-state index is 12.4. The molecular formula is C13H12BrClN2O3S. The fourth-order valence-corrected chi connectivity index (χ4v) is 3.17. The van der Waals surface area contributed by atoms with E-state index in [1.54, 1.807) is 18.2 Å². The predicted molar refractivity (Wildman–Crippen MR) is 87.4 cm³/mol. The molecule has 0 saturated heterocycles. The van der Waals surface area contributed by atoms with Gasteiger partial charge in [0.2, 0.25) is 0 Å². The van der Waals surface area contributed by atoms with E-state index in [1.165, 1.54) is 25.3 Å². The van der Waals surface area contributed by atoms with Crippen molar-refractivity contribution in [3.63, 3.8) is 0 Å². The number of anilines is 2. The normalized spacial score (nSPS) is 11.2. The van der Waals surface area contributed by atoms with Crippen LogP contribution in [0.3, 0.4) is 0 Å². The minimum absolute atomic E-state index is 0.0465. The van der Waals surface area contributed by atoms with Crippen molar-refractivity contribution < 1.29 is 13.2 Å².